The molecule has 0 spiro atoms. The Morgan fingerprint density at radius 2 is 2.00 bits per heavy atom. The zero-order valence-electron chi connectivity index (χ0n) is 17.1. The van der Waals surface area contributed by atoms with Gasteiger partial charge in [-0.2, -0.15) is 0 Å². The number of piperidine rings is 1. The van der Waals surface area contributed by atoms with Crippen molar-refractivity contribution in [2.24, 2.45) is 4.99 Å². The number of hydrogen-bond acceptors (Lipinski definition) is 3. The van der Waals surface area contributed by atoms with Crippen LogP contribution in [0.2, 0.25) is 10.0 Å². The lowest BCUT2D eigenvalue weighted by molar-refractivity contribution is 0.00990. The van der Waals surface area contributed by atoms with Crippen molar-refractivity contribution in [1.82, 2.24) is 10.2 Å². The number of rotatable bonds is 10. The Balaban J connectivity index is 1.76. The third-order valence-electron chi connectivity index (χ3n) is 4.80. The third-order valence-corrected chi connectivity index (χ3v) is 5.39. The first-order valence-electron chi connectivity index (χ1n) is 10.2. The molecule has 1 aliphatic heterocycles. The minimum atomic E-state index is 0.350. The summed E-state index contributed by atoms with van der Waals surface area (Å²) in [5.74, 6) is 1.00. The van der Waals surface area contributed by atoms with Gasteiger partial charge in [-0.15, -0.1) is 0 Å². The van der Waals surface area contributed by atoms with Gasteiger partial charge in [0, 0.05) is 56.5 Å². The van der Waals surface area contributed by atoms with E-state index in [1.165, 1.54) is 0 Å². The zero-order valence-corrected chi connectivity index (χ0v) is 18.6. The Bertz CT molecular complexity index is 605. The lowest BCUT2D eigenvalue weighted by atomic mass is 10.1. The Kier molecular flexibility index (Phi) is 11.0. The smallest absolute Gasteiger partial charge is 0.193 e. The molecule has 0 aliphatic carbocycles. The summed E-state index contributed by atoms with van der Waals surface area (Å²) in [5.41, 5.74) is 1.12. The zero-order chi connectivity index (χ0) is 20.2. The van der Waals surface area contributed by atoms with E-state index in [0.29, 0.717) is 11.1 Å². The number of nitrogens with one attached hydrogen (secondary N) is 1. The second-order valence-electron chi connectivity index (χ2n) is 6.98. The highest BCUT2D eigenvalue weighted by molar-refractivity contribution is 6.35. The molecule has 0 amide bonds. The van der Waals surface area contributed by atoms with Crippen LogP contribution in [0.25, 0.3) is 0 Å². The van der Waals surface area contributed by atoms with Gasteiger partial charge in [-0.1, -0.05) is 29.3 Å². The molecule has 0 saturated carbocycles. The number of nitrogens with zero attached hydrogens (tertiary/aromatic N) is 2. The second-order valence-corrected chi connectivity index (χ2v) is 7.82. The van der Waals surface area contributed by atoms with Crippen LogP contribution >= 0.6 is 23.2 Å². The average molecular weight is 430 g/mol. The van der Waals surface area contributed by atoms with E-state index in [9.17, 15) is 0 Å². The van der Waals surface area contributed by atoms with Crippen LogP contribution in [0.3, 0.4) is 0 Å². The minimum absolute atomic E-state index is 0.350. The number of hydrogen-bond donors (Lipinski definition) is 1. The molecule has 2 rings (SSSR count). The molecule has 0 bridgehead atoms. The molecular formula is C21H33Cl2N3O2. The van der Waals surface area contributed by atoms with Gasteiger partial charge in [-0.05, 0) is 56.7 Å². The molecule has 1 aromatic rings. The van der Waals surface area contributed by atoms with E-state index in [-0.39, 0.29) is 0 Å². The molecule has 0 unspecified atom stereocenters. The van der Waals surface area contributed by atoms with Crippen LogP contribution in [0.15, 0.2) is 23.2 Å². The largest absolute Gasteiger partial charge is 0.385 e. The standard InChI is InChI=1S/C21H33Cl2N3O2/c1-3-24-21(25-11-4-6-17-7-8-18(22)16-20(17)23)26-12-9-19(10-13-26)28-15-5-14-27-2/h7-8,16,19H,3-6,9-15H2,1-2H3,(H,24,25). The molecule has 1 aliphatic rings. The molecule has 5 nitrogen and oxygen atoms in total. The van der Waals surface area contributed by atoms with Crippen LogP contribution in [-0.4, -0.2) is 63.5 Å². The normalized spacial score (nSPS) is 15.9. The SMILES string of the molecule is CCNC(=NCCCc1ccc(Cl)cc1Cl)N1CCC(OCCCOC)CC1. The number of halogens is 2. The Morgan fingerprint density at radius 1 is 1.21 bits per heavy atom. The minimum Gasteiger partial charge on any atom is -0.385 e. The highest BCUT2D eigenvalue weighted by atomic mass is 35.5. The van der Waals surface area contributed by atoms with Gasteiger partial charge in [-0.3, -0.25) is 4.99 Å². The van der Waals surface area contributed by atoms with Gasteiger partial charge in [-0.25, -0.2) is 0 Å². The second kappa shape index (κ2) is 13.3. The number of ether oxygens (including phenoxy) is 2. The first-order chi connectivity index (χ1) is 13.6. The summed E-state index contributed by atoms with van der Waals surface area (Å²) < 4.78 is 11.0. The fourth-order valence-electron chi connectivity index (χ4n) is 3.29. The highest BCUT2D eigenvalue weighted by Gasteiger charge is 2.21. The van der Waals surface area contributed by atoms with E-state index in [0.717, 1.165) is 88.0 Å². The average Bonchev–Trinajstić information content (AvgIpc) is 2.69. The predicted molar refractivity (Wildman–Crippen MR) is 118 cm³/mol. The number of aliphatic imine (C=N–C) groups is 1. The summed E-state index contributed by atoms with van der Waals surface area (Å²) in [4.78, 5) is 7.16. The topological polar surface area (TPSA) is 46.1 Å². The van der Waals surface area contributed by atoms with Crippen molar-refractivity contribution in [2.45, 2.75) is 45.1 Å². The van der Waals surface area contributed by atoms with Crippen molar-refractivity contribution in [1.29, 1.82) is 0 Å². The molecule has 28 heavy (non-hydrogen) atoms. The van der Waals surface area contributed by atoms with E-state index in [1.54, 1.807) is 13.2 Å². The summed E-state index contributed by atoms with van der Waals surface area (Å²) in [7, 11) is 1.73. The van der Waals surface area contributed by atoms with E-state index in [4.69, 9.17) is 37.7 Å². The van der Waals surface area contributed by atoms with Crippen LogP contribution in [0.1, 0.15) is 38.2 Å². The lowest BCUT2D eigenvalue weighted by Crippen LogP contribution is -2.47. The Labute approximate surface area is 179 Å². The number of aryl methyl sites for hydroxylation is 1. The van der Waals surface area contributed by atoms with Gasteiger partial charge in [0.15, 0.2) is 5.96 Å². The van der Waals surface area contributed by atoms with E-state index >= 15 is 0 Å². The Morgan fingerprint density at radius 3 is 2.68 bits per heavy atom. The van der Waals surface area contributed by atoms with Crippen molar-refractivity contribution < 1.29 is 9.47 Å². The van der Waals surface area contributed by atoms with Crippen molar-refractivity contribution in [3.63, 3.8) is 0 Å². The molecule has 7 heteroatoms. The molecule has 0 atom stereocenters. The van der Waals surface area contributed by atoms with Crippen LogP contribution in [0.5, 0.6) is 0 Å². The number of likely N-dealkylation sites (tertiary alicyclic amines) is 1. The van der Waals surface area contributed by atoms with Crippen LogP contribution in [-0.2, 0) is 15.9 Å². The number of guanidine groups is 1. The summed E-state index contributed by atoms with van der Waals surface area (Å²) in [6.07, 6.45) is 5.24. The molecule has 0 aromatic heterocycles. The lowest BCUT2D eigenvalue weighted by Gasteiger charge is -2.34. The van der Waals surface area contributed by atoms with E-state index < -0.39 is 0 Å². The van der Waals surface area contributed by atoms with Crippen molar-refractivity contribution in [3.8, 4) is 0 Å². The molecular weight excluding hydrogens is 397 g/mol. The fourth-order valence-corrected chi connectivity index (χ4v) is 3.80. The summed E-state index contributed by atoms with van der Waals surface area (Å²) in [5, 5.41) is 4.83. The van der Waals surface area contributed by atoms with E-state index in [2.05, 4.69) is 17.1 Å². The molecule has 1 saturated heterocycles. The van der Waals surface area contributed by atoms with Crippen LogP contribution in [0, 0.1) is 0 Å². The molecule has 0 radical (unpaired) electrons. The van der Waals surface area contributed by atoms with Gasteiger partial charge in [0.1, 0.15) is 0 Å². The van der Waals surface area contributed by atoms with Gasteiger partial charge in [0.2, 0.25) is 0 Å². The van der Waals surface area contributed by atoms with Gasteiger partial charge in [0.05, 0.1) is 6.10 Å². The van der Waals surface area contributed by atoms with Crippen LogP contribution in [0.4, 0.5) is 0 Å². The first kappa shape index (κ1) is 23.3. The van der Waals surface area contributed by atoms with Crippen molar-refractivity contribution in [3.05, 3.63) is 33.8 Å². The predicted octanol–water partition coefficient (Wildman–Crippen LogP) is 4.41. The van der Waals surface area contributed by atoms with Crippen molar-refractivity contribution in [2.75, 3.05) is 46.5 Å². The maximum Gasteiger partial charge on any atom is 0.193 e. The maximum absolute atomic E-state index is 6.25. The molecule has 1 fully saturated rings. The number of benzene rings is 1. The molecule has 158 valence electrons. The van der Waals surface area contributed by atoms with Gasteiger partial charge < -0.3 is 19.7 Å². The summed E-state index contributed by atoms with van der Waals surface area (Å²) in [6, 6.07) is 5.68. The maximum atomic E-state index is 6.25. The third kappa shape index (κ3) is 8.16. The summed E-state index contributed by atoms with van der Waals surface area (Å²) >= 11 is 12.2. The molecule has 1 heterocycles. The van der Waals surface area contributed by atoms with Gasteiger partial charge >= 0.3 is 0 Å². The quantitative estimate of drug-likeness (QED) is 0.339. The highest BCUT2D eigenvalue weighted by Crippen LogP contribution is 2.22. The van der Waals surface area contributed by atoms with Crippen LogP contribution < -0.4 is 5.32 Å². The Hall–Kier alpha value is -1.01. The van der Waals surface area contributed by atoms with Gasteiger partial charge in [0.25, 0.3) is 0 Å². The monoisotopic (exact) mass is 429 g/mol. The fraction of sp³-hybridized carbons (Fsp3) is 0.667. The molecule has 1 N–H and O–H groups in total. The van der Waals surface area contributed by atoms with Crippen molar-refractivity contribution >= 4 is 29.2 Å². The first-order valence-corrected chi connectivity index (χ1v) is 11.0. The number of methoxy groups -OCH3 is 1. The summed E-state index contributed by atoms with van der Waals surface area (Å²) in [6.45, 7) is 7.24. The molecule has 1 aromatic carbocycles. The van der Waals surface area contributed by atoms with E-state index in [1.807, 2.05) is 12.1 Å².